The normalized spacial score (nSPS) is 22.9. The molecule has 26 heavy (non-hydrogen) atoms. The van der Waals surface area contributed by atoms with Crippen LogP contribution < -0.4 is 5.32 Å². The van der Waals surface area contributed by atoms with E-state index in [0.29, 0.717) is 31.9 Å². The zero-order valence-corrected chi connectivity index (χ0v) is 15.1. The molecule has 0 radical (unpaired) electrons. The first-order valence-electron chi connectivity index (χ1n) is 8.69. The van der Waals surface area contributed by atoms with E-state index in [1.165, 1.54) is 0 Å². The Hall–Kier alpha value is -2.22. The third-order valence-corrected chi connectivity index (χ3v) is 4.66. The van der Waals surface area contributed by atoms with E-state index in [1.54, 1.807) is 20.4 Å². The largest absolute Gasteiger partial charge is 0.378 e. The molecule has 1 aliphatic rings. The highest BCUT2D eigenvalue weighted by molar-refractivity contribution is 5.94. The van der Waals surface area contributed by atoms with Gasteiger partial charge in [0.05, 0.1) is 25.9 Å². The maximum absolute atomic E-state index is 12.4. The minimum absolute atomic E-state index is 0.0572. The van der Waals surface area contributed by atoms with Crippen LogP contribution in [0.4, 0.5) is 0 Å². The van der Waals surface area contributed by atoms with E-state index in [4.69, 9.17) is 14.2 Å². The molecule has 3 atom stereocenters. The molecule has 7 heteroatoms. The molecule has 0 saturated carbocycles. The van der Waals surface area contributed by atoms with Crippen LogP contribution >= 0.6 is 0 Å². The SMILES string of the molecule is CO[C@H]1[C@H](CNC(=O)c2ccc(Cn3cccn3)cc2)COC[C@H]1OC. The number of aromatic nitrogens is 2. The number of benzene rings is 1. The van der Waals surface area contributed by atoms with Gasteiger partial charge in [-0.3, -0.25) is 9.48 Å². The summed E-state index contributed by atoms with van der Waals surface area (Å²) in [7, 11) is 3.31. The van der Waals surface area contributed by atoms with Crippen molar-refractivity contribution in [3.05, 3.63) is 53.9 Å². The molecule has 1 saturated heterocycles. The summed E-state index contributed by atoms with van der Waals surface area (Å²) in [6.07, 6.45) is 3.45. The highest BCUT2D eigenvalue weighted by Crippen LogP contribution is 2.20. The first-order chi connectivity index (χ1) is 12.7. The molecular formula is C19H25N3O4. The summed E-state index contributed by atoms with van der Waals surface area (Å²) in [5.74, 6) is -0.0493. The Kier molecular flexibility index (Phi) is 6.38. The minimum atomic E-state index is -0.114. The van der Waals surface area contributed by atoms with Gasteiger partial charge in [0.1, 0.15) is 6.10 Å². The zero-order chi connectivity index (χ0) is 18.4. The molecule has 1 N–H and O–H groups in total. The van der Waals surface area contributed by atoms with Crippen LogP contribution in [-0.2, 0) is 20.8 Å². The van der Waals surface area contributed by atoms with E-state index in [-0.39, 0.29) is 24.0 Å². The van der Waals surface area contributed by atoms with Gasteiger partial charge in [0, 0.05) is 44.6 Å². The Bertz CT molecular complexity index is 687. The average Bonchev–Trinajstić information content (AvgIpc) is 3.19. The second-order valence-electron chi connectivity index (χ2n) is 6.38. The average molecular weight is 359 g/mol. The molecule has 2 aromatic rings. The molecule has 1 aromatic carbocycles. The molecule has 140 valence electrons. The summed E-state index contributed by atoms with van der Waals surface area (Å²) >= 11 is 0. The number of nitrogens with one attached hydrogen (secondary N) is 1. The third kappa shape index (κ3) is 4.49. The monoisotopic (exact) mass is 359 g/mol. The fourth-order valence-corrected chi connectivity index (χ4v) is 3.22. The topological polar surface area (TPSA) is 74.6 Å². The lowest BCUT2D eigenvalue weighted by Crippen LogP contribution is -2.50. The second-order valence-corrected chi connectivity index (χ2v) is 6.38. The van der Waals surface area contributed by atoms with Crippen molar-refractivity contribution in [1.82, 2.24) is 15.1 Å². The summed E-state index contributed by atoms with van der Waals surface area (Å²) in [4.78, 5) is 12.4. The van der Waals surface area contributed by atoms with Gasteiger partial charge in [0.25, 0.3) is 5.91 Å². The molecule has 1 fully saturated rings. The van der Waals surface area contributed by atoms with Crippen LogP contribution in [0.5, 0.6) is 0 Å². The maximum Gasteiger partial charge on any atom is 0.251 e. The molecule has 1 amide bonds. The van der Waals surface area contributed by atoms with E-state index in [9.17, 15) is 4.79 Å². The number of carbonyl (C=O) groups excluding carboxylic acids is 1. The van der Waals surface area contributed by atoms with E-state index in [1.807, 2.05) is 41.2 Å². The molecule has 1 aromatic heterocycles. The van der Waals surface area contributed by atoms with Crippen LogP contribution in [0.3, 0.4) is 0 Å². The number of hydrogen-bond donors (Lipinski definition) is 1. The minimum Gasteiger partial charge on any atom is -0.378 e. The molecule has 7 nitrogen and oxygen atoms in total. The van der Waals surface area contributed by atoms with E-state index < -0.39 is 0 Å². The van der Waals surface area contributed by atoms with Crippen molar-refractivity contribution in [2.45, 2.75) is 18.8 Å². The lowest BCUT2D eigenvalue weighted by molar-refractivity contribution is -0.145. The van der Waals surface area contributed by atoms with E-state index in [2.05, 4.69) is 10.4 Å². The molecule has 0 bridgehead atoms. The lowest BCUT2D eigenvalue weighted by atomic mass is 9.96. The quantitative estimate of drug-likeness (QED) is 0.807. The second kappa shape index (κ2) is 8.93. The Labute approximate surface area is 153 Å². The maximum atomic E-state index is 12.4. The van der Waals surface area contributed by atoms with Gasteiger partial charge in [-0.25, -0.2) is 0 Å². The van der Waals surface area contributed by atoms with Crippen molar-refractivity contribution >= 4 is 5.91 Å². The van der Waals surface area contributed by atoms with Crippen LogP contribution in [0.25, 0.3) is 0 Å². The molecule has 1 aliphatic heterocycles. The highest BCUT2D eigenvalue weighted by Gasteiger charge is 2.34. The van der Waals surface area contributed by atoms with Crippen LogP contribution in [0.2, 0.25) is 0 Å². The van der Waals surface area contributed by atoms with Crippen molar-refractivity contribution in [2.24, 2.45) is 5.92 Å². The van der Waals surface area contributed by atoms with Crippen LogP contribution in [-0.4, -0.2) is 61.9 Å². The molecule has 0 spiro atoms. The Morgan fingerprint density at radius 2 is 2.08 bits per heavy atom. The zero-order valence-electron chi connectivity index (χ0n) is 15.1. The Morgan fingerprint density at radius 1 is 1.27 bits per heavy atom. The van der Waals surface area contributed by atoms with Crippen LogP contribution in [0, 0.1) is 5.92 Å². The molecule has 2 heterocycles. The first kappa shape index (κ1) is 18.6. The first-order valence-corrected chi connectivity index (χ1v) is 8.69. The molecule has 0 aliphatic carbocycles. The van der Waals surface area contributed by atoms with Crippen LogP contribution in [0.1, 0.15) is 15.9 Å². The predicted molar refractivity (Wildman–Crippen MR) is 96.0 cm³/mol. The third-order valence-electron chi connectivity index (χ3n) is 4.66. The highest BCUT2D eigenvalue weighted by atomic mass is 16.6. The van der Waals surface area contributed by atoms with Gasteiger partial charge < -0.3 is 19.5 Å². The van der Waals surface area contributed by atoms with Gasteiger partial charge in [-0.15, -0.1) is 0 Å². The van der Waals surface area contributed by atoms with E-state index >= 15 is 0 Å². The Morgan fingerprint density at radius 3 is 2.73 bits per heavy atom. The number of ether oxygens (including phenoxy) is 3. The summed E-state index contributed by atoms with van der Waals surface area (Å²) in [5.41, 5.74) is 1.72. The van der Waals surface area contributed by atoms with Gasteiger partial charge in [-0.1, -0.05) is 12.1 Å². The number of carbonyl (C=O) groups is 1. The number of rotatable bonds is 7. The predicted octanol–water partition coefficient (Wildman–Crippen LogP) is 1.34. The van der Waals surface area contributed by atoms with Crippen molar-refractivity contribution in [1.29, 1.82) is 0 Å². The fourth-order valence-electron chi connectivity index (χ4n) is 3.22. The van der Waals surface area contributed by atoms with Crippen LogP contribution in [0.15, 0.2) is 42.7 Å². The number of amides is 1. The van der Waals surface area contributed by atoms with Gasteiger partial charge >= 0.3 is 0 Å². The molecular weight excluding hydrogens is 334 g/mol. The number of nitrogens with zero attached hydrogens (tertiary/aromatic N) is 2. The fraction of sp³-hybridized carbons (Fsp3) is 0.474. The smallest absolute Gasteiger partial charge is 0.251 e. The number of methoxy groups -OCH3 is 2. The van der Waals surface area contributed by atoms with Crippen molar-refractivity contribution in [3.63, 3.8) is 0 Å². The van der Waals surface area contributed by atoms with Gasteiger partial charge in [-0.05, 0) is 23.8 Å². The summed E-state index contributed by atoms with van der Waals surface area (Å²) in [6, 6.07) is 9.44. The summed E-state index contributed by atoms with van der Waals surface area (Å²) in [5, 5.41) is 7.15. The van der Waals surface area contributed by atoms with Gasteiger partial charge in [0.15, 0.2) is 0 Å². The molecule has 0 unspecified atom stereocenters. The Balaban J connectivity index is 1.54. The van der Waals surface area contributed by atoms with Crippen molar-refractivity contribution < 1.29 is 19.0 Å². The van der Waals surface area contributed by atoms with Crippen molar-refractivity contribution in [2.75, 3.05) is 34.0 Å². The van der Waals surface area contributed by atoms with E-state index in [0.717, 1.165) is 5.56 Å². The van der Waals surface area contributed by atoms with Gasteiger partial charge in [0.2, 0.25) is 0 Å². The summed E-state index contributed by atoms with van der Waals surface area (Å²) < 4.78 is 18.3. The molecule has 3 rings (SSSR count). The van der Waals surface area contributed by atoms with Gasteiger partial charge in [-0.2, -0.15) is 5.10 Å². The number of hydrogen-bond acceptors (Lipinski definition) is 5. The lowest BCUT2D eigenvalue weighted by Gasteiger charge is -2.36. The standard InChI is InChI=1S/C19H25N3O4/c1-24-17-13-26-12-16(18(17)25-2)10-20-19(23)15-6-4-14(5-7-15)11-22-9-3-8-21-22/h3-9,16-18H,10-13H2,1-2H3,(H,20,23)/t16-,17-,18+/m1/s1. The summed E-state index contributed by atoms with van der Waals surface area (Å²) in [6.45, 7) is 2.22. The van der Waals surface area contributed by atoms with Crippen molar-refractivity contribution in [3.8, 4) is 0 Å².